The Bertz CT molecular complexity index is 1280. The molecule has 0 aromatic heterocycles. The van der Waals surface area contributed by atoms with E-state index in [9.17, 15) is 13.2 Å². The molecular formula is C30H38Cl2N2O3S. The molecule has 4 rings (SSSR count). The lowest BCUT2D eigenvalue weighted by molar-refractivity contribution is -0.156. The van der Waals surface area contributed by atoms with Crippen molar-refractivity contribution in [1.29, 1.82) is 0 Å². The zero-order chi connectivity index (χ0) is 27.8. The fraction of sp³-hybridized carbons (Fsp3) is 0.500. The quantitative estimate of drug-likeness (QED) is 0.284. The van der Waals surface area contributed by atoms with Crippen molar-refractivity contribution in [3.05, 3.63) is 82.4 Å². The van der Waals surface area contributed by atoms with Crippen LogP contribution in [0.1, 0.15) is 69.5 Å². The summed E-state index contributed by atoms with van der Waals surface area (Å²) in [6.07, 6.45) is 4.34. The third-order valence-corrected chi connectivity index (χ3v) is 11.0. The minimum Gasteiger partial charge on any atom is -0.330 e. The molecule has 1 heterocycles. The highest BCUT2D eigenvalue weighted by atomic mass is 35.5. The Balaban J connectivity index is 1.88. The standard InChI is InChI=1S/C30H38Cl2N2O3S/c1-6-16-30(4)18-26(22-8-7-9-24(32)17-22)28(21-10-12-23(31)13-11-21)34(29(30)35)27(20(2)3)19-33(5)38(36,37)25-14-15-25/h6-13,17,20,25-28H,1,14-16,18-19H2,2-5H3/t26-,27?,28-,30+/m1/s1. The van der Waals surface area contributed by atoms with Gasteiger partial charge in [0.15, 0.2) is 0 Å². The molecule has 206 valence electrons. The molecule has 5 nitrogen and oxygen atoms in total. The zero-order valence-corrected chi connectivity index (χ0v) is 24.9. The summed E-state index contributed by atoms with van der Waals surface area (Å²) in [5.41, 5.74) is 1.32. The van der Waals surface area contributed by atoms with Crippen molar-refractivity contribution >= 4 is 39.1 Å². The van der Waals surface area contributed by atoms with Crippen molar-refractivity contribution in [2.45, 2.75) is 69.7 Å². The van der Waals surface area contributed by atoms with E-state index in [0.29, 0.717) is 35.7 Å². The Morgan fingerprint density at radius 2 is 1.76 bits per heavy atom. The van der Waals surface area contributed by atoms with Gasteiger partial charge in [0.05, 0.1) is 16.7 Å². The third-order valence-electron chi connectivity index (χ3n) is 8.14. The average molecular weight is 578 g/mol. The van der Waals surface area contributed by atoms with Gasteiger partial charge in [-0.15, -0.1) is 6.58 Å². The normalized spacial score (nSPS) is 25.2. The molecule has 4 atom stereocenters. The fourth-order valence-corrected chi connectivity index (χ4v) is 7.79. The number of hydrogen-bond acceptors (Lipinski definition) is 3. The molecule has 1 saturated carbocycles. The molecule has 1 unspecified atom stereocenters. The molecule has 1 amide bonds. The fourth-order valence-electron chi connectivity index (χ4n) is 5.86. The van der Waals surface area contributed by atoms with E-state index < -0.39 is 15.4 Å². The summed E-state index contributed by atoms with van der Waals surface area (Å²) >= 11 is 12.7. The summed E-state index contributed by atoms with van der Waals surface area (Å²) in [6, 6.07) is 14.8. The van der Waals surface area contributed by atoms with Gasteiger partial charge in [-0.3, -0.25) is 4.79 Å². The molecule has 2 aliphatic rings. The molecule has 0 N–H and O–H groups in total. The molecule has 1 saturated heterocycles. The predicted molar refractivity (Wildman–Crippen MR) is 156 cm³/mol. The molecule has 0 radical (unpaired) electrons. The number of allylic oxidation sites excluding steroid dienone is 1. The van der Waals surface area contributed by atoms with Crippen molar-refractivity contribution in [2.24, 2.45) is 11.3 Å². The smallest absolute Gasteiger partial charge is 0.229 e. The minimum atomic E-state index is -3.40. The van der Waals surface area contributed by atoms with Crippen LogP contribution >= 0.6 is 23.2 Å². The first-order chi connectivity index (χ1) is 17.9. The average Bonchev–Trinajstić information content (AvgIpc) is 3.71. The van der Waals surface area contributed by atoms with Crippen LogP contribution in [-0.4, -0.2) is 48.4 Å². The Labute approximate surface area is 237 Å². The maximum atomic E-state index is 14.5. The highest BCUT2D eigenvalue weighted by molar-refractivity contribution is 7.90. The van der Waals surface area contributed by atoms with Crippen LogP contribution in [-0.2, 0) is 14.8 Å². The SMILES string of the molecule is C=CC[C@@]1(C)C[C@H](c2cccc(Cl)c2)[C@@H](c2ccc(Cl)cc2)N(C(CN(C)S(=O)(=O)C2CC2)C(C)C)C1=O. The number of carbonyl (C=O) groups excluding carboxylic acids is 1. The molecule has 38 heavy (non-hydrogen) atoms. The molecule has 2 aromatic rings. The second kappa shape index (κ2) is 11.3. The van der Waals surface area contributed by atoms with E-state index in [0.717, 1.165) is 11.1 Å². The van der Waals surface area contributed by atoms with Crippen LogP contribution < -0.4 is 0 Å². The number of carbonyl (C=O) groups is 1. The number of hydrogen-bond donors (Lipinski definition) is 0. The topological polar surface area (TPSA) is 57.7 Å². The molecule has 1 aliphatic carbocycles. The Morgan fingerprint density at radius 3 is 2.32 bits per heavy atom. The van der Waals surface area contributed by atoms with Gasteiger partial charge in [0, 0.05) is 35.6 Å². The highest BCUT2D eigenvalue weighted by Crippen LogP contribution is 2.52. The predicted octanol–water partition coefficient (Wildman–Crippen LogP) is 7.08. The molecule has 2 aromatic carbocycles. The lowest BCUT2D eigenvalue weighted by atomic mass is 9.66. The lowest BCUT2D eigenvalue weighted by Gasteiger charge is -2.53. The van der Waals surface area contributed by atoms with Crippen LogP contribution in [0.15, 0.2) is 61.2 Å². The van der Waals surface area contributed by atoms with Gasteiger partial charge < -0.3 is 4.90 Å². The molecule has 0 bridgehead atoms. The van der Waals surface area contributed by atoms with Gasteiger partial charge in [0.1, 0.15) is 0 Å². The molecule has 2 fully saturated rings. The Kier molecular flexibility index (Phi) is 8.68. The van der Waals surface area contributed by atoms with Crippen LogP contribution in [0.3, 0.4) is 0 Å². The molecule has 1 aliphatic heterocycles. The molecule has 8 heteroatoms. The third kappa shape index (κ3) is 5.84. The molecular weight excluding hydrogens is 539 g/mol. The van der Waals surface area contributed by atoms with E-state index in [4.69, 9.17) is 23.2 Å². The van der Waals surface area contributed by atoms with E-state index >= 15 is 0 Å². The van der Waals surface area contributed by atoms with Crippen molar-refractivity contribution in [3.8, 4) is 0 Å². The largest absolute Gasteiger partial charge is 0.330 e. The number of benzene rings is 2. The van der Waals surface area contributed by atoms with E-state index in [2.05, 4.69) is 26.5 Å². The first-order valence-electron chi connectivity index (χ1n) is 13.3. The summed E-state index contributed by atoms with van der Waals surface area (Å²) < 4.78 is 27.7. The van der Waals surface area contributed by atoms with Crippen molar-refractivity contribution < 1.29 is 13.2 Å². The van der Waals surface area contributed by atoms with Gasteiger partial charge in [-0.2, -0.15) is 0 Å². The van der Waals surface area contributed by atoms with Gasteiger partial charge in [0.2, 0.25) is 15.9 Å². The number of likely N-dealkylation sites (tertiary alicyclic amines) is 1. The minimum absolute atomic E-state index is 0.0108. The van der Waals surface area contributed by atoms with Crippen LogP contribution in [0.25, 0.3) is 0 Å². The lowest BCUT2D eigenvalue weighted by Crippen LogP contribution is -2.59. The van der Waals surface area contributed by atoms with Crippen molar-refractivity contribution in [1.82, 2.24) is 9.21 Å². The second-order valence-corrected chi connectivity index (χ2v) is 14.7. The Hall–Kier alpha value is -1.86. The van der Waals surface area contributed by atoms with Gasteiger partial charge >= 0.3 is 0 Å². The first-order valence-corrected chi connectivity index (χ1v) is 15.5. The number of piperidine rings is 1. The number of amides is 1. The number of nitrogens with zero attached hydrogens (tertiary/aromatic N) is 2. The van der Waals surface area contributed by atoms with Crippen LogP contribution in [0, 0.1) is 11.3 Å². The van der Waals surface area contributed by atoms with Crippen LogP contribution in [0.4, 0.5) is 0 Å². The summed E-state index contributed by atoms with van der Waals surface area (Å²) in [7, 11) is -1.76. The highest BCUT2D eigenvalue weighted by Gasteiger charge is 2.52. The monoisotopic (exact) mass is 576 g/mol. The maximum Gasteiger partial charge on any atom is 0.229 e. The number of sulfonamides is 1. The first kappa shape index (κ1) is 29.1. The van der Waals surface area contributed by atoms with Gasteiger partial charge in [0.25, 0.3) is 0 Å². The van der Waals surface area contributed by atoms with Crippen LogP contribution in [0.5, 0.6) is 0 Å². The summed E-state index contributed by atoms with van der Waals surface area (Å²) in [6.45, 7) is 10.3. The summed E-state index contributed by atoms with van der Waals surface area (Å²) in [5.74, 6) is -0.0348. The van der Waals surface area contributed by atoms with E-state index in [1.54, 1.807) is 7.05 Å². The van der Waals surface area contributed by atoms with Gasteiger partial charge in [-0.25, -0.2) is 12.7 Å². The Morgan fingerprint density at radius 1 is 1.11 bits per heavy atom. The summed E-state index contributed by atoms with van der Waals surface area (Å²) in [4.78, 5) is 16.5. The van der Waals surface area contributed by atoms with Crippen LogP contribution in [0.2, 0.25) is 10.0 Å². The number of rotatable bonds is 10. The van der Waals surface area contributed by atoms with E-state index in [1.165, 1.54) is 4.31 Å². The van der Waals surface area contributed by atoms with Crippen molar-refractivity contribution in [3.63, 3.8) is 0 Å². The summed E-state index contributed by atoms with van der Waals surface area (Å²) in [5, 5.41) is 0.950. The van der Waals surface area contributed by atoms with E-state index in [-0.39, 0.29) is 41.6 Å². The maximum absolute atomic E-state index is 14.5. The molecule has 0 spiro atoms. The second-order valence-electron chi connectivity index (χ2n) is 11.5. The number of halogens is 2. The van der Waals surface area contributed by atoms with Crippen molar-refractivity contribution in [2.75, 3.05) is 13.6 Å². The van der Waals surface area contributed by atoms with E-state index in [1.807, 2.05) is 60.4 Å². The van der Waals surface area contributed by atoms with Gasteiger partial charge in [-0.1, -0.05) is 74.3 Å². The zero-order valence-electron chi connectivity index (χ0n) is 22.6. The van der Waals surface area contributed by atoms with Gasteiger partial charge in [-0.05, 0) is 67.0 Å². The number of likely N-dealkylation sites (N-methyl/N-ethyl adjacent to an activating group) is 1.